The van der Waals surface area contributed by atoms with Gasteiger partial charge in [-0.05, 0) is 43.7 Å². The van der Waals surface area contributed by atoms with Crippen LogP contribution in [-0.4, -0.2) is 31.6 Å². The molecule has 2 N–H and O–H groups in total. The van der Waals surface area contributed by atoms with Crippen molar-refractivity contribution in [3.8, 4) is 0 Å². The molecule has 0 saturated carbocycles. The van der Waals surface area contributed by atoms with Crippen LogP contribution in [0.2, 0.25) is 0 Å². The Hall–Kier alpha value is -4.09. The number of aromatic nitrogens is 4. The van der Waals surface area contributed by atoms with Crippen molar-refractivity contribution in [2.45, 2.75) is 45.1 Å². The summed E-state index contributed by atoms with van der Waals surface area (Å²) in [6.45, 7) is 3.82. The monoisotopic (exact) mass is 502 g/mol. The van der Waals surface area contributed by atoms with Gasteiger partial charge in [0.1, 0.15) is 23.0 Å². The molecule has 1 amide bonds. The summed E-state index contributed by atoms with van der Waals surface area (Å²) in [6.07, 6.45) is -2.40. The molecule has 4 heterocycles. The van der Waals surface area contributed by atoms with E-state index in [0.717, 1.165) is 16.4 Å². The Morgan fingerprint density at radius 1 is 1.22 bits per heavy atom. The lowest BCUT2D eigenvalue weighted by Gasteiger charge is -2.32. The SMILES string of the molecule is Cc1nn(Cc2ccc(F)cc2)c(C)c1NC(=O)c1cnn2c1N[C@@H](c1ccco1)C[C@H]2C(F)(F)F. The fraction of sp³-hybridized carbons (Fsp3) is 0.292. The Balaban J connectivity index is 1.42. The van der Waals surface area contributed by atoms with Crippen molar-refractivity contribution in [2.24, 2.45) is 0 Å². The summed E-state index contributed by atoms with van der Waals surface area (Å²) in [7, 11) is 0. The number of carbonyl (C=O) groups excluding carboxylic acids is 1. The van der Waals surface area contributed by atoms with E-state index >= 15 is 0 Å². The number of amides is 1. The molecule has 0 fully saturated rings. The van der Waals surface area contributed by atoms with Crippen molar-refractivity contribution in [1.82, 2.24) is 19.6 Å². The van der Waals surface area contributed by atoms with Gasteiger partial charge in [0.2, 0.25) is 0 Å². The van der Waals surface area contributed by atoms with E-state index in [1.54, 1.807) is 42.8 Å². The first-order valence-corrected chi connectivity index (χ1v) is 11.2. The maximum absolute atomic E-state index is 13.9. The van der Waals surface area contributed by atoms with E-state index in [1.807, 2.05) is 0 Å². The number of halogens is 4. The Morgan fingerprint density at radius 2 is 1.97 bits per heavy atom. The highest BCUT2D eigenvalue weighted by Crippen LogP contribution is 2.44. The van der Waals surface area contributed by atoms with E-state index in [9.17, 15) is 22.4 Å². The molecule has 0 radical (unpaired) electrons. The molecule has 3 aromatic heterocycles. The highest BCUT2D eigenvalue weighted by molar-refractivity contribution is 6.08. The zero-order valence-electron chi connectivity index (χ0n) is 19.3. The second kappa shape index (κ2) is 8.85. The van der Waals surface area contributed by atoms with Gasteiger partial charge in [-0.1, -0.05) is 12.1 Å². The Bertz CT molecular complexity index is 1390. The van der Waals surface area contributed by atoms with Crippen LogP contribution >= 0.6 is 0 Å². The number of hydrogen-bond donors (Lipinski definition) is 2. The third kappa shape index (κ3) is 4.34. The fourth-order valence-corrected chi connectivity index (χ4v) is 4.38. The first kappa shape index (κ1) is 23.6. The lowest BCUT2D eigenvalue weighted by molar-refractivity contribution is -0.174. The van der Waals surface area contributed by atoms with Gasteiger partial charge in [0.25, 0.3) is 5.91 Å². The molecular weight excluding hydrogens is 480 g/mol. The van der Waals surface area contributed by atoms with Crippen molar-refractivity contribution in [3.05, 3.63) is 83.0 Å². The molecule has 12 heteroatoms. The molecule has 1 aliphatic rings. The van der Waals surface area contributed by atoms with E-state index in [0.29, 0.717) is 29.4 Å². The van der Waals surface area contributed by atoms with Crippen LogP contribution in [0.3, 0.4) is 0 Å². The van der Waals surface area contributed by atoms with Gasteiger partial charge in [-0.2, -0.15) is 23.4 Å². The maximum Gasteiger partial charge on any atom is 0.410 e. The predicted molar refractivity (Wildman–Crippen MR) is 122 cm³/mol. The molecule has 1 aromatic carbocycles. The van der Waals surface area contributed by atoms with E-state index in [-0.39, 0.29) is 23.6 Å². The van der Waals surface area contributed by atoms with Gasteiger partial charge in [-0.3, -0.25) is 9.48 Å². The number of benzene rings is 1. The maximum atomic E-state index is 13.9. The summed E-state index contributed by atoms with van der Waals surface area (Å²) in [5.41, 5.74) is 2.38. The zero-order valence-corrected chi connectivity index (χ0v) is 19.3. The molecule has 188 valence electrons. The topological polar surface area (TPSA) is 89.9 Å². The van der Waals surface area contributed by atoms with Gasteiger partial charge in [-0.25, -0.2) is 9.07 Å². The first-order valence-electron chi connectivity index (χ1n) is 11.2. The smallest absolute Gasteiger partial charge is 0.410 e. The largest absolute Gasteiger partial charge is 0.467 e. The summed E-state index contributed by atoms with van der Waals surface area (Å²) in [4.78, 5) is 13.2. The summed E-state index contributed by atoms with van der Waals surface area (Å²) in [5, 5.41) is 14.1. The van der Waals surface area contributed by atoms with Gasteiger partial charge < -0.3 is 15.1 Å². The minimum atomic E-state index is -4.57. The second-order valence-electron chi connectivity index (χ2n) is 8.64. The minimum absolute atomic E-state index is 0.0365. The van der Waals surface area contributed by atoms with Crippen molar-refractivity contribution in [1.29, 1.82) is 0 Å². The van der Waals surface area contributed by atoms with Gasteiger partial charge >= 0.3 is 6.18 Å². The number of nitrogens with one attached hydrogen (secondary N) is 2. The molecule has 0 unspecified atom stereocenters. The molecule has 0 spiro atoms. The van der Waals surface area contributed by atoms with Crippen LogP contribution in [0.15, 0.2) is 53.3 Å². The lowest BCUT2D eigenvalue weighted by Crippen LogP contribution is -2.36. The Morgan fingerprint density at radius 3 is 2.64 bits per heavy atom. The van der Waals surface area contributed by atoms with Crippen LogP contribution < -0.4 is 10.6 Å². The van der Waals surface area contributed by atoms with E-state index in [4.69, 9.17) is 4.42 Å². The summed E-state index contributed by atoms with van der Waals surface area (Å²) < 4.78 is 62.5. The molecule has 5 rings (SSSR count). The van der Waals surface area contributed by atoms with E-state index in [1.165, 1.54) is 18.4 Å². The number of rotatable bonds is 5. The second-order valence-corrected chi connectivity index (χ2v) is 8.64. The molecule has 0 saturated heterocycles. The normalized spacial score (nSPS) is 17.5. The van der Waals surface area contributed by atoms with Crippen molar-refractivity contribution < 1.29 is 26.8 Å². The highest BCUT2D eigenvalue weighted by atomic mass is 19.4. The average molecular weight is 502 g/mol. The van der Waals surface area contributed by atoms with E-state index < -0.39 is 24.2 Å². The molecule has 2 atom stereocenters. The van der Waals surface area contributed by atoms with Gasteiger partial charge in [0.05, 0.1) is 42.1 Å². The molecule has 4 aromatic rings. The minimum Gasteiger partial charge on any atom is -0.467 e. The van der Waals surface area contributed by atoms with Crippen LogP contribution in [0.25, 0.3) is 0 Å². The van der Waals surface area contributed by atoms with Crippen LogP contribution in [0, 0.1) is 19.7 Å². The van der Waals surface area contributed by atoms with Crippen LogP contribution in [-0.2, 0) is 6.54 Å². The predicted octanol–water partition coefficient (Wildman–Crippen LogP) is 5.39. The molecule has 0 aliphatic carbocycles. The quantitative estimate of drug-likeness (QED) is 0.357. The molecule has 1 aliphatic heterocycles. The Labute approximate surface area is 202 Å². The average Bonchev–Trinajstić information content (AvgIpc) is 3.56. The summed E-state index contributed by atoms with van der Waals surface area (Å²) in [5.74, 6) is -0.689. The number of anilines is 2. The Kier molecular flexibility index (Phi) is 5.81. The highest BCUT2D eigenvalue weighted by Gasteiger charge is 2.47. The van der Waals surface area contributed by atoms with Gasteiger partial charge in [0.15, 0.2) is 6.04 Å². The van der Waals surface area contributed by atoms with Crippen LogP contribution in [0.4, 0.5) is 29.1 Å². The summed E-state index contributed by atoms with van der Waals surface area (Å²) in [6, 6.07) is 6.45. The van der Waals surface area contributed by atoms with Gasteiger partial charge in [0, 0.05) is 6.42 Å². The number of aryl methyl sites for hydroxylation is 1. The first-order chi connectivity index (χ1) is 17.1. The number of carbonyl (C=O) groups is 1. The third-order valence-corrected chi connectivity index (χ3v) is 6.24. The van der Waals surface area contributed by atoms with Gasteiger partial charge in [-0.15, -0.1) is 0 Å². The number of hydrogen-bond acceptors (Lipinski definition) is 5. The third-order valence-electron chi connectivity index (χ3n) is 6.24. The number of fused-ring (bicyclic) bond motifs is 1. The molecule has 36 heavy (non-hydrogen) atoms. The fourth-order valence-electron chi connectivity index (χ4n) is 4.38. The molecule has 8 nitrogen and oxygen atoms in total. The molecule has 0 bridgehead atoms. The lowest BCUT2D eigenvalue weighted by atomic mass is 10.0. The summed E-state index contributed by atoms with van der Waals surface area (Å²) >= 11 is 0. The molecular formula is C24H22F4N6O2. The van der Waals surface area contributed by atoms with E-state index in [2.05, 4.69) is 20.8 Å². The van der Waals surface area contributed by atoms with Crippen molar-refractivity contribution >= 4 is 17.4 Å². The number of nitrogens with zero attached hydrogens (tertiary/aromatic N) is 4. The van der Waals surface area contributed by atoms with Crippen LogP contribution in [0.1, 0.15) is 51.6 Å². The van der Waals surface area contributed by atoms with Crippen molar-refractivity contribution in [3.63, 3.8) is 0 Å². The number of furan rings is 1. The number of alkyl halides is 3. The van der Waals surface area contributed by atoms with Crippen molar-refractivity contribution in [2.75, 3.05) is 10.6 Å². The zero-order chi connectivity index (χ0) is 25.6. The van der Waals surface area contributed by atoms with Crippen LogP contribution in [0.5, 0.6) is 0 Å². The standard InChI is InChI=1S/C24H22F4N6O2/c1-13-21(14(2)33(32-13)12-15-5-7-16(25)8-6-15)31-23(35)17-11-29-34-20(24(26,27)28)10-18(30-22(17)34)19-4-3-9-36-19/h3-9,11,18,20,30H,10,12H2,1-2H3,(H,31,35)/t18-,20+/m1/s1.